The smallest absolute Gasteiger partial charge is 0.267 e. The number of hydrogen-bond acceptors (Lipinski definition) is 6. The highest BCUT2D eigenvalue weighted by molar-refractivity contribution is 7.17. The van der Waals surface area contributed by atoms with Crippen LogP contribution in [0.2, 0.25) is 0 Å². The summed E-state index contributed by atoms with van der Waals surface area (Å²) in [5, 5.41) is 13.1. The van der Waals surface area contributed by atoms with Crippen molar-refractivity contribution in [3.8, 4) is 10.6 Å². The fourth-order valence-corrected chi connectivity index (χ4v) is 4.35. The second kappa shape index (κ2) is 6.05. The van der Waals surface area contributed by atoms with Crippen LogP contribution < -0.4 is 5.32 Å². The normalized spacial score (nSPS) is 11.2. The maximum atomic E-state index is 12.7. The van der Waals surface area contributed by atoms with Crippen LogP contribution in [0.3, 0.4) is 0 Å². The third-order valence-corrected chi connectivity index (χ3v) is 5.78. The number of aromatic nitrogens is 4. The zero-order valence-electron chi connectivity index (χ0n) is 13.9. The number of anilines is 1. The minimum Gasteiger partial charge on any atom is -0.320 e. The van der Waals surface area contributed by atoms with Crippen LogP contribution in [-0.2, 0) is 7.05 Å². The Morgan fingerprint density at radius 1 is 1.28 bits per heavy atom. The molecule has 4 rings (SSSR count). The third-order valence-electron chi connectivity index (χ3n) is 3.89. The molecule has 0 aliphatic carbocycles. The Morgan fingerprint density at radius 2 is 2.12 bits per heavy atom. The predicted octanol–water partition coefficient (Wildman–Crippen LogP) is 4.02. The number of hydrogen-bond donors (Lipinski definition) is 1. The minimum atomic E-state index is -0.167. The van der Waals surface area contributed by atoms with Crippen LogP contribution in [0, 0.1) is 13.8 Å². The van der Waals surface area contributed by atoms with E-state index in [1.807, 2.05) is 43.8 Å². The maximum Gasteiger partial charge on any atom is 0.267 e. The monoisotopic (exact) mass is 369 g/mol. The van der Waals surface area contributed by atoms with Gasteiger partial charge in [-0.05, 0) is 31.4 Å². The largest absolute Gasteiger partial charge is 0.320 e. The molecule has 4 heterocycles. The highest BCUT2D eigenvalue weighted by Crippen LogP contribution is 2.30. The molecule has 8 heteroatoms. The van der Waals surface area contributed by atoms with Crippen molar-refractivity contribution in [1.29, 1.82) is 0 Å². The maximum absolute atomic E-state index is 12.7. The number of thiophene rings is 1. The highest BCUT2D eigenvalue weighted by Gasteiger charge is 2.17. The fourth-order valence-electron chi connectivity index (χ4n) is 2.68. The minimum absolute atomic E-state index is 0.167. The molecule has 0 unspecified atom stereocenters. The number of rotatable bonds is 3. The molecule has 1 N–H and O–H groups in total. The Morgan fingerprint density at radius 3 is 2.88 bits per heavy atom. The number of fused-ring (bicyclic) bond motifs is 1. The molecule has 126 valence electrons. The van der Waals surface area contributed by atoms with E-state index in [9.17, 15) is 4.79 Å². The van der Waals surface area contributed by atoms with Gasteiger partial charge in [0.15, 0.2) is 5.65 Å². The second-order valence-electron chi connectivity index (χ2n) is 5.70. The van der Waals surface area contributed by atoms with Gasteiger partial charge < -0.3 is 5.32 Å². The first kappa shape index (κ1) is 15.9. The van der Waals surface area contributed by atoms with Gasteiger partial charge in [-0.2, -0.15) is 16.4 Å². The van der Waals surface area contributed by atoms with Crippen molar-refractivity contribution in [2.75, 3.05) is 5.32 Å². The van der Waals surface area contributed by atoms with Crippen LogP contribution in [-0.4, -0.2) is 25.7 Å². The number of aryl methyl sites for hydroxylation is 3. The van der Waals surface area contributed by atoms with Gasteiger partial charge in [-0.15, -0.1) is 11.3 Å². The first-order valence-corrected chi connectivity index (χ1v) is 9.39. The van der Waals surface area contributed by atoms with Crippen LogP contribution in [0.4, 0.5) is 5.69 Å². The average Bonchev–Trinajstić information content (AvgIpc) is 3.28. The number of pyridine rings is 1. The van der Waals surface area contributed by atoms with Crippen LogP contribution in [0.25, 0.3) is 21.6 Å². The molecule has 0 aliphatic heterocycles. The van der Waals surface area contributed by atoms with Crippen molar-refractivity contribution in [2.24, 2.45) is 7.05 Å². The lowest BCUT2D eigenvalue weighted by Crippen LogP contribution is -2.11. The number of nitrogens with one attached hydrogen (secondary N) is 1. The van der Waals surface area contributed by atoms with E-state index in [1.54, 1.807) is 22.2 Å². The summed E-state index contributed by atoms with van der Waals surface area (Å²) in [4.78, 5) is 22.2. The number of amides is 1. The van der Waals surface area contributed by atoms with Gasteiger partial charge in [0, 0.05) is 23.4 Å². The van der Waals surface area contributed by atoms with Gasteiger partial charge in [0.05, 0.1) is 23.3 Å². The van der Waals surface area contributed by atoms with E-state index >= 15 is 0 Å². The zero-order chi connectivity index (χ0) is 17.6. The molecule has 0 bridgehead atoms. The molecule has 4 aromatic heterocycles. The Labute approximate surface area is 152 Å². The van der Waals surface area contributed by atoms with E-state index < -0.39 is 0 Å². The first-order chi connectivity index (χ1) is 12.0. The van der Waals surface area contributed by atoms with Gasteiger partial charge in [-0.1, -0.05) is 0 Å². The summed E-state index contributed by atoms with van der Waals surface area (Å²) in [5.41, 5.74) is 4.11. The lowest BCUT2D eigenvalue weighted by Gasteiger charge is -2.04. The number of thiazole rings is 1. The van der Waals surface area contributed by atoms with Gasteiger partial charge in [0.2, 0.25) is 0 Å². The van der Waals surface area contributed by atoms with E-state index in [-0.39, 0.29) is 5.91 Å². The number of carbonyl (C=O) groups excluding carboxylic acids is 1. The predicted molar refractivity (Wildman–Crippen MR) is 101 cm³/mol. The Kier molecular flexibility index (Phi) is 3.85. The summed E-state index contributed by atoms with van der Waals surface area (Å²) >= 11 is 3.02. The lowest BCUT2D eigenvalue weighted by molar-refractivity contribution is 0.103. The molecular weight excluding hydrogens is 354 g/mol. The van der Waals surface area contributed by atoms with Crippen LogP contribution in [0.5, 0.6) is 0 Å². The molecule has 0 saturated heterocycles. The quantitative estimate of drug-likeness (QED) is 0.592. The summed E-state index contributed by atoms with van der Waals surface area (Å²) in [7, 11) is 1.85. The first-order valence-electron chi connectivity index (χ1n) is 7.63. The van der Waals surface area contributed by atoms with Crippen LogP contribution in [0.1, 0.15) is 21.1 Å². The summed E-state index contributed by atoms with van der Waals surface area (Å²) in [5.74, 6) is -0.167. The van der Waals surface area contributed by atoms with Gasteiger partial charge in [0.1, 0.15) is 9.88 Å². The van der Waals surface area contributed by atoms with E-state index in [0.717, 1.165) is 33.0 Å². The second-order valence-corrected chi connectivity index (χ2v) is 7.48. The van der Waals surface area contributed by atoms with Crippen molar-refractivity contribution in [2.45, 2.75) is 13.8 Å². The fraction of sp³-hybridized carbons (Fsp3) is 0.176. The molecule has 1 amide bonds. The zero-order valence-corrected chi connectivity index (χ0v) is 15.5. The van der Waals surface area contributed by atoms with Crippen LogP contribution >= 0.6 is 22.7 Å². The molecule has 0 saturated carbocycles. The third kappa shape index (κ3) is 2.83. The average molecular weight is 369 g/mol. The standard InChI is InChI=1S/C17H15N5OS2/c1-9-13-6-12(7-18-15(13)22(3)21-9)20-16(23)14-10(2)19-17(25-14)11-4-5-24-8-11/h4-8H,1-3H3,(H,20,23). The molecule has 0 spiro atoms. The van der Waals surface area contributed by atoms with Crippen molar-refractivity contribution in [3.63, 3.8) is 0 Å². The van der Waals surface area contributed by atoms with Crippen molar-refractivity contribution in [1.82, 2.24) is 19.7 Å². The van der Waals surface area contributed by atoms with Crippen molar-refractivity contribution in [3.05, 3.63) is 45.4 Å². The molecule has 0 fully saturated rings. The van der Waals surface area contributed by atoms with E-state index in [0.29, 0.717) is 10.6 Å². The Balaban J connectivity index is 1.63. The molecule has 25 heavy (non-hydrogen) atoms. The van der Waals surface area contributed by atoms with Gasteiger partial charge in [-0.25, -0.2) is 9.97 Å². The van der Waals surface area contributed by atoms with Crippen molar-refractivity contribution >= 4 is 45.3 Å². The summed E-state index contributed by atoms with van der Waals surface area (Å²) < 4.78 is 1.73. The molecule has 0 aliphatic rings. The van der Waals surface area contributed by atoms with Gasteiger partial charge >= 0.3 is 0 Å². The molecule has 0 atom stereocenters. The Hall–Kier alpha value is -2.58. The SMILES string of the molecule is Cc1nc(-c2ccsc2)sc1C(=O)Nc1cnc2c(c1)c(C)nn2C. The topological polar surface area (TPSA) is 72.7 Å². The molecular formula is C17H15N5OS2. The van der Waals surface area contributed by atoms with E-state index in [1.165, 1.54) is 11.3 Å². The summed E-state index contributed by atoms with van der Waals surface area (Å²) in [6.45, 7) is 3.78. The number of carbonyl (C=O) groups is 1. The van der Waals surface area contributed by atoms with E-state index in [4.69, 9.17) is 0 Å². The highest BCUT2D eigenvalue weighted by atomic mass is 32.1. The van der Waals surface area contributed by atoms with Gasteiger partial charge in [-0.3, -0.25) is 9.48 Å². The van der Waals surface area contributed by atoms with Gasteiger partial charge in [0.25, 0.3) is 5.91 Å². The molecule has 4 aromatic rings. The van der Waals surface area contributed by atoms with E-state index in [2.05, 4.69) is 20.4 Å². The van der Waals surface area contributed by atoms with Crippen LogP contribution in [0.15, 0.2) is 29.1 Å². The molecule has 0 radical (unpaired) electrons. The number of nitrogens with zero attached hydrogens (tertiary/aromatic N) is 4. The summed E-state index contributed by atoms with van der Waals surface area (Å²) in [6, 6.07) is 3.91. The summed E-state index contributed by atoms with van der Waals surface area (Å²) in [6.07, 6.45) is 1.65. The molecule has 6 nitrogen and oxygen atoms in total. The lowest BCUT2D eigenvalue weighted by atomic mass is 10.2. The molecule has 0 aromatic carbocycles. The van der Waals surface area contributed by atoms with Crippen molar-refractivity contribution < 1.29 is 4.79 Å². The Bertz CT molecular complexity index is 1080.